The minimum absolute atomic E-state index is 0.000273. The van der Waals surface area contributed by atoms with Gasteiger partial charge in [-0.25, -0.2) is 4.98 Å². The van der Waals surface area contributed by atoms with Gasteiger partial charge in [0.15, 0.2) is 0 Å². The summed E-state index contributed by atoms with van der Waals surface area (Å²) in [6.07, 6.45) is 1.80. The van der Waals surface area contributed by atoms with Gasteiger partial charge in [-0.1, -0.05) is 6.07 Å². The summed E-state index contributed by atoms with van der Waals surface area (Å²) < 4.78 is 5.10. The molecule has 16 heavy (non-hydrogen) atoms. The van der Waals surface area contributed by atoms with Crippen LogP contribution in [0.1, 0.15) is 25.5 Å². The number of hydrogen-bond acceptors (Lipinski definition) is 4. The molecule has 0 aromatic carbocycles. The summed E-state index contributed by atoms with van der Waals surface area (Å²) in [5.41, 5.74) is 7.02. The Labute approximate surface area is 97.4 Å². The van der Waals surface area contributed by atoms with Crippen LogP contribution < -0.4 is 10.6 Å². The summed E-state index contributed by atoms with van der Waals surface area (Å²) in [5.74, 6) is 0.969. The van der Waals surface area contributed by atoms with E-state index in [4.69, 9.17) is 10.5 Å². The number of pyridine rings is 1. The third kappa shape index (κ3) is 3.18. The van der Waals surface area contributed by atoms with Crippen molar-refractivity contribution < 1.29 is 4.74 Å². The van der Waals surface area contributed by atoms with Crippen molar-refractivity contribution in [3.05, 3.63) is 23.9 Å². The molecular formula is C12H21N3O. The Bertz CT molecular complexity index is 315. The predicted octanol–water partition coefficient (Wildman–Crippen LogP) is 1.57. The lowest BCUT2D eigenvalue weighted by Crippen LogP contribution is -2.29. The molecule has 2 N–H and O–H groups in total. The molecule has 0 unspecified atom stereocenters. The van der Waals surface area contributed by atoms with Gasteiger partial charge in [-0.3, -0.25) is 0 Å². The van der Waals surface area contributed by atoms with Gasteiger partial charge in [0.25, 0.3) is 0 Å². The molecule has 0 aliphatic heterocycles. The lowest BCUT2D eigenvalue weighted by atomic mass is 10.1. The minimum Gasteiger partial charge on any atom is -0.383 e. The third-order valence-corrected chi connectivity index (χ3v) is 2.55. The predicted molar refractivity (Wildman–Crippen MR) is 66.6 cm³/mol. The van der Waals surface area contributed by atoms with E-state index in [2.05, 4.69) is 16.8 Å². The van der Waals surface area contributed by atoms with Gasteiger partial charge >= 0.3 is 0 Å². The first-order chi connectivity index (χ1) is 7.70. The summed E-state index contributed by atoms with van der Waals surface area (Å²) in [4.78, 5) is 6.60. The number of anilines is 1. The molecule has 0 saturated carbocycles. The molecule has 0 radical (unpaired) electrons. The van der Waals surface area contributed by atoms with Crippen LogP contribution in [0.5, 0.6) is 0 Å². The first-order valence-electron chi connectivity index (χ1n) is 5.65. The van der Waals surface area contributed by atoms with E-state index in [0.29, 0.717) is 6.61 Å². The zero-order valence-corrected chi connectivity index (χ0v) is 10.3. The van der Waals surface area contributed by atoms with Crippen LogP contribution in [0.4, 0.5) is 5.82 Å². The lowest BCUT2D eigenvalue weighted by Gasteiger charge is -2.25. The van der Waals surface area contributed by atoms with Crippen LogP contribution in [0.3, 0.4) is 0 Å². The molecule has 0 fully saturated rings. The number of aromatic nitrogens is 1. The van der Waals surface area contributed by atoms with Gasteiger partial charge in [0.05, 0.1) is 6.61 Å². The topological polar surface area (TPSA) is 51.4 Å². The van der Waals surface area contributed by atoms with Crippen LogP contribution in [0.2, 0.25) is 0 Å². The van der Waals surface area contributed by atoms with E-state index < -0.39 is 0 Å². The molecule has 0 spiro atoms. The number of ether oxygens (including phenoxy) is 1. The first kappa shape index (κ1) is 12.9. The Kier molecular flexibility index (Phi) is 5.22. The molecule has 0 aliphatic carbocycles. The van der Waals surface area contributed by atoms with Crippen molar-refractivity contribution in [2.75, 3.05) is 31.7 Å². The van der Waals surface area contributed by atoms with E-state index in [1.54, 1.807) is 13.3 Å². The third-order valence-electron chi connectivity index (χ3n) is 2.55. The molecule has 4 heteroatoms. The van der Waals surface area contributed by atoms with E-state index in [0.717, 1.165) is 24.5 Å². The van der Waals surface area contributed by atoms with Crippen LogP contribution in [-0.4, -0.2) is 31.8 Å². The van der Waals surface area contributed by atoms with E-state index in [-0.39, 0.29) is 6.04 Å². The molecule has 0 amide bonds. The largest absolute Gasteiger partial charge is 0.383 e. The molecule has 4 nitrogen and oxygen atoms in total. The highest BCUT2D eigenvalue weighted by Gasteiger charge is 2.12. The van der Waals surface area contributed by atoms with Crippen LogP contribution in [0.15, 0.2) is 18.3 Å². The SMILES string of the molecule is CCN(CCOC)c1ncccc1[C@@H](C)N. The van der Waals surface area contributed by atoms with E-state index in [1.807, 2.05) is 19.1 Å². The van der Waals surface area contributed by atoms with Crippen molar-refractivity contribution in [3.63, 3.8) is 0 Å². The van der Waals surface area contributed by atoms with Gasteiger partial charge in [-0.15, -0.1) is 0 Å². The number of nitrogens with zero attached hydrogens (tertiary/aromatic N) is 2. The van der Waals surface area contributed by atoms with Crippen molar-refractivity contribution in [2.24, 2.45) is 5.73 Å². The van der Waals surface area contributed by atoms with Gasteiger partial charge in [0.1, 0.15) is 5.82 Å². The van der Waals surface area contributed by atoms with E-state index in [9.17, 15) is 0 Å². The highest BCUT2D eigenvalue weighted by Crippen LogP contribution is 2.21. The zero-order chi connectivity index (χ0) is 12.0. The fourth-order valence-corrected chi connectivity index (χ4v) is 1.64. The normalized spacial score (nSPS) is 12.5. The van der Waals surface area contributed by atoms with Gasteiger partial charge < -0.3 is 15.4 Å². The Morgan fingerprint density at radius 3 is 2.88 bits per heavy atom. The molecule has 1 atom stereocenters. The maximum atomic E-state index is 5.94. The lowest BCUT2D eigenvalue weighted by molar-refractivity contribution is 0.205. The highest BCUT2D eigenvalue weighted by molar-refractivity contribution is 5.48. The van der Waals surface area contributed by atoms with Gasteiger partial charge in [-0.2, -0.15) is 0 Å². The maximum absolute atomic E-state index is 5.94. The van der Waals surface area contributed by atoms with Crippen molar-refractivity contribution in [2.45, 2.75) is 19.9 Å². The van der Waals surface area contributed by atoms with Crippen molar-refractivity contribution >= 4 is 5.82 Å². The quantitative estimate of drug-likeness (QED) is 0.795. The molecule has 1 aromatic heterocycles. The molecular weight excluding hydrogens is 202 g/mol. The molecule has 0 aliphatic rings. The second-order valence-electron chi connectivity index (χ2n) is 3.78. The number of likely N-dealkylation sites (N-methyl/N-ethyl adjacent to an activating group) is 1. The number of methoxy groups -OCH3 is 1. The monoisotopic (exact) mass is 223 g/mol. The van der Waals surface area contributed by atoms with E-state index >= 15 is 0 Å². The fraction of sp³-hybridized carbons (Fsp3) is 0.583. The number of rotatable bonds is 6. The van der Waals surface area contributed by atoms with E-state index in [1.165, 1.54) is 0 Å². The van der Waals surface area contributed by atoms with Crippen molar-refractivity contribution in [1.82, 2.24) is 4.98 Å². The second kappa shape index (κ2) is 6.45. The van der Waals surface area contributed by atoms with Crippen molar-refractivity contribution in [3.8, 4) is 0 Å². The highest BCUT2D eigenvalue weighted by atomic mass is 16.5. The summed E-state index contributed by atoms with van der Waals surface area (Å²) >= 11 is 0. The van der Waals surface area contributed by atoms with Crippen LogP contribution >= 0.6 is 0 Å². The summed E-state index contributed by atoms with van der Waals surface area (Å²) in [6.45, 7) is 6.52. The van der Waals surface area contributed by atoms with Crippen molar-refractivity contribution in [1.29, 1.82) is 0 Å². The van der Waals surface area contributed by atoms with Crippen LogP contribution in [-0.2, 0) is 4.74 Å². The average Bonchev–Trinajstić information content (AvgIpc) is 2.30. The first-order valence-corrected chi connectivity index (χ1v) is 5.65. The zero-order valence-electron chi connectivity index (χ0n) is 10.3. The fourth-order valence-electron chi connectivity index (χ4n) is 1.64. The van der Waals surface area contributed by atoms with Gasteiger partial charge in [0, 0.05) is 38.0 Å². The molecule has 0 bridgehead atoms. The van der Waals surface area contributed by atoms with Crippen LogP contribution in [0.25, 0.3) is 0 Å². The summed E-state index contributed by atoms with van der Waals surface area (Å²) in [7, 11) is 1.71. The Balaban J connectivity index is 2.90. The molecule has 1 rings (SSSR count). The molecule has 0 saturated heterocycles. The van der Waals surface area contributed by atoms with Gasteiger partial charge in [-0.05, 0) is 19.9 Å². The molecule has 1 aromatic rings. The second-order valence-corrected chi connectivity index (χ2v) is 3.78. The van der Waals surface area contributed by atoms with Gasteiger partial charge in [0.2, 0.25) is 0 Å². The summed E-state index contributed by atoms with van der Waals surface area (Å²) in [5, 5.41) is 0. The van der Waals surface area contributed by atoms with Crippen LogP contribution in [0, 0.1) is 0 Å². The molecule has 1 heterocycles. The molecule has 90 valence electrons. The maximum Gasteiger partial charge on any atom is 0.133 e. The number of nitrogens with two attached hydrogens (primary N) is 1. The smallest absolute Gasteiger partial charge is 0.133 e. The number of hydrogen-bond donors (Lipinski definition) is 1. The Morgan fingerprint density at radius 2 is 2.31 bits per heavy atom. The minimum atomic E-state index is 0.000273. The average molecular weight is 223 g/mol. The Morgan fingerprint density at radius 1 is 1.56 bits per heavy atom. The standard InChI is InChI=1S/C12H21N3O/c1-4-15(8-9-16-3)12-11(10(2)13)6-5-7-14-12/h5-7,10H,4,8-9,13H2,1-3H3/t10-/m1/s1. The Hall–Kier alpha value is -1.13. The summed E-state index contributed by atoms with van der Waals surface area (Å²) in [6, 6.07) is 3.95.